The maximum Gasteiger partial charge on any atom is 0.305 e. The standard InChI is InChI=1S/C20H18N2O5/c1-12-7-13(2)9-14(8-12)26-11-19(24)21-22-20(25)18-10-16(23)15-5-3-4-6-17(15)27-18/h3-10H,11H2,1-2H3,(H,21,24)(H,22,25). The molecule has 0 unspecified atom stereocenters. The van der Waals surface area contributed by atoms with Gasteiger partial charge in [0.2, 0.25) is 0 Å². The van der Waals surface area contributed by atoms with Crippen molar-refractivity contribution in [2.24, 2.45) is 0 Å². The van der Waals surface area contributed by atoms with Gasteiger partial charge in [-0.15, -0.1) is 0 Å². The highest BCUT2D eigenvalue weighted by Crippen LogP contribution is 2.16. The average molecular weight is 366 g/mol. The van der Waals surface area contributed by atoms with E-state index in [-0.39, 0.29) is 17.8 Å². The van der Waals surface area contributed by atoms with E-state index in [4.69, 9.17) is 9.15 Å². The number of para-hydroxylation sites is 1. The number of hydrogen-bond donors (Lipinski definition) is 2. The Kier molecular flexibility index (Phi) is 5.21. The van der Waals surface area contributed by atoms with Crippen LogP contribution in [-0.4, -0.2) is 18.4 Å². The molecule has 0 bridgehead atoms. The lowest BCUT2D eigenvalue weighted by atomic mass is 10.1. The monoisotopic (exact) mass is 366 g/mol. The molecule has 1 aromatic heterocycles. The molecule has 27 heavy (non-hydrogen) atoms. The van der Waals surface area contributed by atoms with E-state index in [0.29, 0.717) is 16.7 Å². The van der Waals surface area contributed by atoms with E-state index in [1.54, 1.807) is 24.3 Å². The summed E-state index contributed by atoms with van der Waals surface area (Å²) in [6.07, 6.45) is 0. The van der Waals surface area contributed by atoms with Gasteiger partial charge >= 0.3 is 5.91 Å². The molecule has 2 aromatic carbocycles. The second-order valence-electron chi connectivity index (χ2n) is 6.09. The van der Waals surface area contributed by atoms with Gasteiger partial charge in [0.1, 0.15) is 11.3 Å². The molecule has 7 nitrogen and oxygen atoms in total. The van der Waals surface area contributed by atoms with Crippen molar-refractivity contribution in [3.8, 4) is 5.75 Å². The number of hydrogen-bond acceptors (Lipinski definition) is 5. The summed E-state index contributed by atoms with van der Waals surface area (Å²) < 4.78 is 10.8. The van der Waals surface area contributed by atoms with E-state index in [2.05, 4.69) is 10.9 Å². The third-order valence-corrected chi connectivity index (χ3v) is 3.74. The number of aryl methyl sites for hydroxylation is 2. The van der Waals surface area contributed by atoms with Gasteiger partial charge in [-0.05, 0) is 49.2 Å². The first-order valence-corrected chi connectivity index (χ1v) is 8.25. The summed E-state index contributed by atoms with van der Waals surface area (Å²) in [6, 6.07) is 13.3. The molecule has 0 saturated heterocycles. The summed E-state index contributed by atoms with van der Waals surface area (Å²) >= 11 is 0. The van der Waals surface area contributed by atoms with Crippen LogP contribution in [0, 0.1) is 13.8 Å². The fourth-order valence-corrected chi connectivity index (χ4v) is 2.61. The van der Waals surface area contributed by atoms with Crippen molar-refractivity contribution < 1.29 is 18.7 Å². The Balaban J connectivity index is 1.58. The highest BCUT2D eigenvalue weighted by molar-refractivity contribution is 5.94. The first-order valence-electron chi connectivity index (χ1n) is 8.25. The third-order valence-electron chi connectivity index (χ3n) is 3.74. The molecule has 2 N–H and O–H groups in total. The van der Waals surface area contributed by atoms with Gasteiger partial charge in [0.15, 0.2) is 17.8 Å². The van der Waals surface area contributed by atoms with E-state index < -0.39 is 11.8 Å². The Hall–Kier alpha value is -3.61. The zero-order chi connectivity index (χ0) is 19.4. The molecule has 138 valence electrons. The van der Waals surface area contributed by atoms with Crippen LogP contribution in [0.2, 0.25) is 0 Å². The molecule has 0 saturated carbocycles. The molecule has 1 heterocycles. The number of amides is 2. The lowest BCUT2D eigenvalue weighted by molar-refractivity contribution is -0.123. The van der Waals surface area contributed by atoms with Crippen molar-refractivity contribution in [2.45, 2.75) is 13.8 Å². The van der Waals surface area contributed by atoms with Gasteiger partial charge in [-0.2, -0.15) is 0 Å². The molecule has 2 amide bonds. The minimum absolute atomic E-state index is 0.200. The highest BCUT2D eigenvalue weighted by Gasteiger charge is 2.13. The van der Waals surface area contributed by atoms with Crippen LogP contribution < -0.4 is 21.0 Å². The fraction of sp³-hybridized carbons (Fsp3) is 0.150. The first kappa shape index (κ1) is 18.2. The van der Waals surface area contributed by atoms with Crippen molar-refractivity contribution >= 4 is 22.8 Å². The zero-order valence-corrected chi connectivity index (χ0v) is 14.9. The SMILES string of the molecule is Cc1cc(C)cc(OCC(=O)NNC(=O)c2cc(=O)c3ccccc3o2)c1. The number of fused-ring (bicyclic) bond motifs is 1. The predicted octanol–water partition coefficient (Wildman–Crippen LogP) is 2.25. The lowest BCUT2D eigenvalue weighted by Gasteiger charge is -2.10. The number of ether oxygens (including phenoxy) is 1. The van der Waals surface area contributed by atoms with Gasteiger partial charge in [-0.25, -0.2) is 0 Å². The number of carbonyl (C=O) groups excluding carboxylic acids is 2. The van der Waals surface area contributed by atoms with E-state index in [1.165, 1.54) is 0 Å². The smallest absolute Gasteiger partial charge is 0.305 e. The molecular formula is C20H18N2O5. The molecule has 7 heteroatoms. The largest absolute Gasteiger partial charge is 0.484 e. The maximum atomic E-state index is 12.1. The first-order chi connectivity index (χ1) is 12.9. The van der Waals surface area contributed by atoms with Gasteiger partial charge in [-0.1, -0.05) is 18.2 Å². The highest BCUT2D eigenvalue weighted by atomic mass is 16.5. The summed E-state index contributed by atoms with van der Waals surface area (Å²) in [5.41, 5.74) is 6.41. The molecule has 0 atom stereocenters. The average Bonchev–Trinajstić information content (AvgIpc) is 2.63. The minimum atomic E-state index is -0.738. The molecular weight excluding hydrogens is 348 g/mol. The Labute approximate surface area is 154 Å². The van der Waals surface area contributed by atoms with Crippen LogP contribution in [0.4, 0.5) is 0 Å². The Morgan fingerprint density at radius 1 is 1.00 bits per heavy atom. The van der Waals surface area contributed by atoms with Crippen LogP contribution in [0.1, 0.15) is 21.7 Å². The van der Waals surface area contributed by atoms with E-state index in [0.717, 1.165) is 17.2 Å². The topological polar surface area (TPSA) is 97.6 Å². The minimum Gasteiger partial charge on any atom is -0.484 e. The van der Waals surface area contributed by atoms with Crippen LogP contribution >= 0.6 is 0 Å². The van der Waals surface area contributed by atoms with E-state index >= 15 is 0 Å². The number of rotatable bonds is 4. The molecule has 0 aliphatic carbocycles. The Morgan fingerprint density at radius 3 is 2.44 bits per heavy atom. The van der Waals surface area contributed by atoms with E-state index in [1.807, 2.05) is 32.0 Å². The molecule has 0 aliphatic rings. The summed E-state index contributed by atoms with van der Waals surface area (Å²) in [7, 11) is 0. The van der Waals surface area contributed by atoms with Gasteiger partial charge in [-0.3, -0.25) is 25.2 Å². The van der Waals surface area contributed by atoms with Crippen molar-refractivity contribution in [3.05, 3.63) is 75.6 Å². The van der Waals surface area contributed by atoms with Gasteiger partial charge < -0.3 is 9.15 Å². The fourth-order valence-electron chi connectivity index (χ4n) is 2.61. The number of benzene rings is 2. The molecule has 3 aromatic rings. The molecule has 0 fully saturated rings. The van der Waals surface area contributed by atoms with Crippen LogP contribution in [-0.2, 0) is 4.79 Å². The van der Waals surface area contributed by atoms with Crippen LogP contribution in [0.3, 0.4) is 0 Å². The maximum absolute atomic E-state index is 12.1. The Morgan fingerprint density at radius 2 is 1.70 bits per heavy atom. The summed E-state index contributed by atoms with van der Waals surface area (Å²) in [5.74, 6) is -0.924. The van der Waals surface area contributed by atoms with Crippen molar-refractivity contribution in [1.82, 2.24) is 10.9 Å². The summed E-state index contributed by atoms with van der Waals surface area (Å²) in [6.45, 7) is 3.58. The molecule has 0 radical (unpaired) electrons. The number of carbonyl (C=O) groups is 2. The number of nitrogens with one attached hydrogen (secondary N) is 2. The molecule has 0 spiro atoms. The van der Waals surface area contributed by atoms with Gasteiger partial charge in [0, 0.05) is 6.07 Å². The zero-order valence-electron chi connectivity index (χ0n) is 14.9. The quantitative estimate of drug-likeness (QED) is 0.690. The van der Waals surface area contributed by atoms with Gasteiger partial charge in [0.25, 0.3) is 5.91 Å². The third kappa shape index (κ3) is 4.52. The molecule has 0 aliphatic heterocycles. The lowest BCUT2D eigenvalue weighted by Crippen LogP contribution is -2.44. The van der Waals surface area contributed by atoms with Gasteiger partial charge in [0.05, 0.1) is 5.39 Å². The van der Waals surface area contributed by atoms with E-state index in [9.17, 15) is 14.4 Å². The summed E-state index contributed by atoms with van der Waals surface area (Å²) in [4.78, 5) is 36.0. The van der Waals surface area contributed by atoms with Crippen LogP contribution in [0.15, 0.2) is 57.7 Å². The Bertz CT molecular complexity index is 1050. The molecule has 3 rings (SSSR count). The second-order valence-corrected chi connectivity index (χ2v) is 6.09. The van der Waals surface area contributed by atoms with Crippen molar-refractivity contribution in [3.63, 3.8) is 0 Å². The normalized spacial score (nSPS) is 10.4. The second kappa shape index (κ2) is 7.74. The number of hydrazine groups is 1. The van der Waals surface area contributed by atoms with Crippen molar-refractivity contribution in [2.75, 3.05) is 6.61 Å². The predicted molar refractivity (Wildman–Crippen MR) is 99.5 cm³/mol. The summed E-state index contributed by atoms with van der Waals surface area (Å²) in [5, 5.41) is 0.375. The van der Waals surface area contributed by atoms with Crippen LogP contribution in [0.5, 0.6) is 5.75 Å². The van der Waals surface area contributed by atoms with Crippen LogP contribution in [0.25, 0.3) is 11.0 Å². The van der Waals surface area contributed by atoms with Crippen molar-refractivity contribution in [1.29, 1.82) is 0 Å².